The topological polar surface area (TPSA) is 63.2 Å². The van der Waals surface area contributed by atoms with Crippen LogP contribution in [0.2, 0.25) is 0 Å². The summed E-state index contributed by atoms with van der Waals surface area (Å²) in [5, 5.41) is 9.65. The molecule has 2 N–H and O–H groups in total. The van der Waals surface area contributed by atoms with Crippen LogP contribution in [-0.2, 0) is 17.8 Å². The molecule has 1 aromatic carbocycles. The summed E-state index contributed by atoms with van der Waals surface area (Å²) in [4.78, 5) is 16.9. The molecule has 0 saturated carbocycles. The maximum Gasteiger partial charge on any atom is 0.226 e. The van der Waals surface area contributed by atoms with Crippen molar-refractivity contribution < 1.29 is 9.53 Å². The molecule has 2 bridgehead atoms. The van der Waals surface area contributed by atoms with Crippen molar-refractivity contribution in [2.24, 2.45) is 0 Å². The number of piperidine rings is 1. The first-order valence-corrected chi connectivity index (χ1v) is 10.2. The average Bonchev–Trinajstić information content (AvgIpc) is 3.20. The number of halogens is 2. The summed E-state index contributed by atoms with van der Waals surface area (Å²) in [6.07, 6.45) is 4.94. The van der Waals surface area contributed by atoms with Crippen LogP contribution in [0.5, 0.6) is 5.75 Å². The van der Waals surface area contributed by atoms with E-state index in [-0.39, 0.29) is 30.7 Å². The number of carbonyl (C=O) groups is 1. The monoisotopic (exact) mass is 443 g/mol. The summed E-state index contributed by atoms with van der Waals surface area (Å²) in [6, 6.07) is 9.46. The van der Waals surface area contributed by atoms with Crippen LogP contribution in [-0.4, -0.2) is 29.0 Å². The van der Waals surface area contributed by atoms with E-state index in [4.69, 9.17) is 4.74 Å². The molecule has 154 valence electrons. The van der Waals surface area contributed by atoms with Gasteiger partial charge in [-0.1, -0.05) is 17.7 Å². The van der Waals surface area contributed by atoms with E-state index in [1.807, 2.05) is 29.6 Å². The number of benzene rings is 1. The first kappa shape index (κ1) is 22.9. The molecule has 2 aliphatic rings. The highest BCUT2D eigenvalue weighted by atomic mass is 35.5. The van der Waals surface area contributed by atoms with E-state index >= 15 is 0 Å². The van der Waals surface area contributed by atoms with Gasteiger partial charge in [-0.3, -0.25) is 4.79 Å². The Hall–Kier alpha value is -1.34. The van der Waals surface area contributed by atoms with Crippen LogP contribution in [0.3, 0.4) is 0 Å². The van der Waals surface area contributed by atoms with Gasteiger partial charge in [0, 0.05) is 23.5 Å². The summed E-state index contributed by atoms with van der Waals surface area (Å²) in [5.74, 6) is 0.915. The van der Waals surface area contributed by atoms with E-state index in [0.29, 0.717) is 31.2 Å². The van der Waals surface area contributed by atoms with Crippen molar-refractivity contribution in [2.75, 3.05) is 0 Å². The van der Waals surface area contributed by atoms with Gasteiger partial charge >= 0.3 is 0 Å². The van der Waals surface area contributed by atoms with Gasteiger partial charge in [-0.25, -0.2) is 4.98 Å². The van der Waals surface area contributed by atoms with Gasteiger partial charge in [-0.05, 0) is 44.7 Å². The Kier molecular flexibility index (Phi) is 8.56. The standard InChI is InChI=1S/C20H25N3O2S.2ClH/c1-13-2-6-18(7-3-13)25-11-20-23-17(12-26-20)10-19(24)22-16-8-14-4-5-15(9-16)21-14;;/h2-3,6-7,12,14-16,21H,4-5,8-11H2,1H3,(H,22,24);2*1H. The molecule has 2 aromatic rings. The van der Waals surface area contributed by atoms with E-state index in [9.17, 15) is 4.79 Å². The van der Waals surface area contributed by atoms with Gasteiger partial charge in [0.15, 0.2) is 0 Å². The number of nitrogens with zero attached hydrogens (tertiary/aromatic N) is 1. The molecular formula is C20H27Cl2N3O2S. The minimum atomic E-state index is 0. The first-order chi connectivity index (χ1) is 12.6. The van der Waals surface area contributed by atoms with Crippen LogP contribution in [0, 0.1) is 6.92 Å². The third-order valence-electron chi connectivity index (χ3n) is 5.16. The molecule has 28 heavy (non-hydrogen) atoms. The third-order valence-corrected chi connectivity index (χ3v) is 6.03. The van der Waals surface area contributed by atoms with Gasteiger partial charge in [-0.2, -0.15) is 0 Å². The number of rotatable bonds is 6. The van der Waals surface area contributed by atoms with Crippen molar-refractivity contribution >= 4 is 42.1 Å². The Morgan fingerprint density at radius 1 is 1.21 bits per heavy atom. The molecule has 4 rings (SSSR count). The Morgan fingerprint density at radius 2 is 1.89 bits per heavy atom. The zero-order chi connectivity index (χ0) is 17.9. The van der Waals surface area contributed by atoms with Crippen molar-refractivity contribution in [3.63, 3.8) is 0 Å². The molecule has 1 aromatic heterocycles. The number of hydrogen-bond donors (Lipinski definition) is 2. The number of carbonyl (C=O) groups excluding carboxylic acids is 1. The maximum absolute atomic E-state index is 12.3. The fourth-order valence-corrected chi connectivity index (χ4v) is 4.60. The fraction of sp³-hybridized carbons (Fsp3) is 0.500. The van der Waals surface area contributed by atoms with Crippen molar-refractivity contribution in [2.45, 2.75) is 63.8 Å². The van der Waals surface area contributed by atoms with Gasteiger partial charge in [0.2, 0.25) is 5.91 Å². The number of thiazole rings is 1. The molecule has 2 fully saturated rings. The van der Waals surface area contributed by atoms with Crippen LogP contribution in [0.1, 0.15) is 41.9 Å². The lowest BCUT2D eigenvalue weighted by Crippen LogP contribution is -2.48. The highest BCUT2D eigenvalue weighted by Gasteiger charge is 2.33. The second-order valence-electron chi connectivity index (χ2n) is 7.38. The van der Waals surface area contributed by atoms with Crippen molar-refractivity contribution in [3.8, 4) is 5.75 Å². The number of hydrogen-bond acceptors (Lipinski definition) is 5. The van der Waals surface area contributed by atoms with Crippen LogP contribution in [0.25, 0.3) is 0 Å². The summed E-state index contributed by atoms with van der Waals surface area (Å²) >= 11 is 1.54. The van der Waals surface area contributed by atoms with E-state index in [0.717, 1.165) is 29.3 Å². The molecule has 3 heterocycles. The van der Waals surface area contributed by atoms with Gasteiger partial charge < -0.3 is 15.4 Å². The molecule has 2 unspecified atom stereocenters. The predicted molar refractivity (Wildman–Crippen MR) is 117 cm³/mol. The molecule has 2 aliphatic heterocycles. The lowest BCUT2D eigenvalue weighted by molar-refractivity contribution is -0.121. The third kappa shape index (κ3) is 6.08. The van der Waals surface area contributed by atoms with Crippen LogP contribution in [0.15, 0.2) is 29.6 Å². The van der Waals surface area contributed by atoms with E-state index in [1.165, 1.54) is 18.4 Å². The quantitative estimate of drug-likeness (QED) is 0.711. The molecule has 2 atom stereocenters. The molecule has 0 spiro atoms. The smallest absolute Gasteiger partial charge is 0.226 e. The number of aryl methyl sites for hydroxylation is 1. The van der Waals surface area contributed by atoms with E-state index in [1.54, 1.807) is 11.3 Å². The molecule has 5 nitrogen and oxygen atoms in total. The molecule has 8 heteroatoms. The molecule has 0 aliphatic carbocycles. The summed E-state index contributed by atoms with van der Waals surface area (Å²) in [6.45, 7) is 2.49. The van der Waals surface area contributed by atoms with Crippen molar-refractivity contribution in [3.05, 3.63) is 45.9 Å². The van der Waals surface area contributed by atoms with Crippen LogP contribution < -0.4 is 15.4 Å². The van der Waals surface area contributed by atoms with Gasteiger partial charge in [0.1, 0.15) is 17.4 Å². The molecule has 1 amide bonds. The highest BCUT2D eigenvalue weighted by molar-refractivity contribution is 7.09. The Morgan fingerprint density at radius 3 is 2.57 bits per heavy atom. The number of amides is 1. The zero-order valence-electron chi connectivity index (χ0n) is 15.8. The lowest BCUT2D eigenvalue weighted by Gasteiger charge is -2.29. The minimum absolute atomic E-state index is 0. The minimum Gasteiger partial charge on any atom is -0.486 e. The number of ether oxygens (including phenoxy) is 1. The van der Waals surface area contributed by atoms with Gasteiger partial charge in [0.25, 0.3) is 0 Å². The molecule has 0 radical (unpaired) electrons. The number of nitrogens with one attached hydrogen (secondary N) is 2. The second-order valence-corrected chi connectivity index (χ2v) is 8.33. The molecule has 2 saturated heterocycles. The largest absolute Gasteiger partial charge is 0.486 e. The van der Waals surface area contributed by atoms with E-state index < -0.39 is 0 Å². The van der Waals surface area contributed by atoms with Crippen LogP contribution in [0.4, 0.5) is 0 Å². The van der Waals surface area contributed by atoms with Gasteiger partial charge in [-0.15, -0.1) is 36.2 Å². The number of fused-ring (bicyclic) bond motifs is 2. The lowest BCUT2D eigenvalue weighted by atomic mass is 9.99. The Bertz CT molecular complexity index is 757. The van der Waals surface area contributed by atoms with Gasteiger partial charge in [0.05, 0.1) is 12.1 Å². The molecular weight excluding hydrogens is 417 g/mol. The Labute approximate surface area is 182 Å². The predicted octanol–water partition coefficient (Wildman–Crippen LogP) is 3.82. The van der Waals surface area contributed by atoms with E-state index in [2.05, 4.69) is 22.5 Å². The number of aromatic nitrogens is 1. The summed E-state index contributed by atoms with van der Waals surface area (Å²) in [7, 11) is 0. The fourth-order valence-electron chi connectivity index (χ4n) is 3.89. The summed E-state index contributed by atoms with van der Waals surface area (Å²) < 4.78 is 5.76. The SMILES string of the molecule is Cc1ccc(OCc2nc(CC(=O)NC3CC4CCC(C3)N4)cs2)cc1.Cl.Cl. The van der Waals surface area contributed by atoms with Crippen molar-refractivity contribution in [1.82, 2.24) is 15.6 Å². The first-order valence-electron chi connectivity index (χ1n) is 9.32. The highest BCUT2D eigenvalue weighted by Crippen LogP contribution is 2.26. The van der Waals surface area contributed by atoms with Crippen molar-refractivity contribution in [1.29, 1.82) is 0 Å². The summed E-state index contributed by atoms with van der Waals surface area (Å²) in [5.41, 5.74) is 2.04. The zero-order valence-corrected chi connectivity index (χ0v) is 18.3. The second kappa shape index (κ2) is 10.4. The Balaban J connectivity index is 0.00000140. The maximum atomic E-state index is 12.3. The average molecular weight is 444 g/mol. The van der Waals surface area contributed by atoms with Crippen LogP contribution >= 0.6 is 36.2 Å². The normalized spacial score (nSPS) is 22.7.